The Bertz CT molecular complexity index is 1130. The fraction of sp³-hybridized carbons (Fsp3) is 0.357. The first-order chi connectivity index (χ1) is 16.0. The SMILES string of the molecule is Cc1cc(C2CCC(C)CO2)cc(C)c1-c1ccc(C(F)(F)Oc2cc(F)c(C)c(F)c2)cc1. The maximum absolute atomic E-state index is 14.7. The van der Waals surface area contributed by atoms with Gasteiger partial charge in [-0.1, -0.05) is 31.2 Å². The maximum atomic E-state index is 14.7. The van der Waals surface area contributed by atoms with Crippen molar-refractivity contribution in [3.05, 3.63) is 88.0 Å². The number of rotatable bonds is 5. The van der Waals surface area contributed by atoms with E-state index < -0.39 is 29.1 Å². The van der Waals surface area contributed by atoms with Gasteiger partial charge in [0.15, 0.2) is 0 Å². The molecule has 0 aliphatic carbocycles. The van der Waals surface area contributed by atoms with E-state index in [9.17, 15) is 17.6 Å². The summed E-state index contributed by atoms with van der Waals surface area (Å²) in [6, 6.07) is 11.5. The lowest BCUT2D eigenvalue weighted by Crippen LogP contribution is -2.22. The Balaban J connectivity index is 1.56. The molecule has 3 aromatic carbocycles. The summed E-state index contributed by atoms with van der Waals surface area (Å²) in [6.45, 7) is 8.17. The van der Waals surface area contributed by atoms with Gasteiger partial charge in [0.05, 0.1) is 11.7 Å². The van der Waals surface area contributed by atoms with E-state index in [1.807, 2.05) is 13.8 Å². The molecule has 0 spiro atoms. The summed E-state index contributed by atoms with van der Waals surface area (Å²) in [6.07, 6.45) is -1.56. The Morgan fingerprint density at radius 3 is 2.00 bits per heavy atom. The number of hydrogen-bond donors (Lipinski definition) is 0. The van der Waals surface area contributed by atoms with Gasteiger partial charge in [-0.15, -0.1) is 0 Å². The Morgan fingerprint density at radius 2 is 1.47 bits per heavy atom. The average molecular weight is 473 g/mol. The summed E-state index contributed by atoms with van der Waals surface area (Å²) in [4.78, 5) is 0. The number of aryl methyl sites for hydroxylation is 2. The topological polar surface area (TPSA) is 18.5 Å². The second kappa shape index (κ2) is 9.41. The molecule has 1 aliphatic rings. The third-order valence-corrected chi connectivity index (χ3v) is 6.44. The summed E-state index contributed by atoms with van der Waals surface area (Å²) in [5, 5.41) is 0. The van der Waals surface area contributed by atoms with Crippen LogP contribution in [0.15, 0.2) is 48.5 Å². The molecule has 0 bridgehead atoms. The minimum absolute atomic E-state index is 0.0808. The summed E-state index contributed by atoms with van der Waals surface area (Å²) < 4.78 is 67.5. The highest BCUT2D eigenvalue weighted by Gasteiger charge is 2.35. The van der Waals surface area contributed by atoms with Crippen molar-refractivity contribution in [3.63, 3.8) is 0 Å². The number of benzene rings is 3. The average Bonchev–Trinajstić information content (AvgIpc) is 2.77. The molecular weight excluding hydrogens is 444 g/mol. The van der Waals surface area contributed by atoms with E-state index in [2.05, 4.69) is 23.8 Å². The van der Waals surface area contributed by atoms with Crippen LogP contribution < -0.4 is 4.74 Å². The molecule has 2 atom stereocenters. The normalized spacial score (nSPS) is 18.7. The Labute approximate surface area is 197 Å². The van der Waals surface area contributed by atoms with E-state index in [-0.39, 0.29) is 11.7 Å². The molecule has 180 valence electrons. The van der Waals surface area contributed by atoms with E-state index in [0.29, 0.717) is 5.92 Å². The summed E-state index contributed by atoms with van der Waals surface area (Å²) in [7, 11) is 0. The second-order valence-corrected chi connectivity index (χ2v) is 9.24. The minimum Gasteiger partial charge on any atom is -0.429 e. The third-order valence-electron chi connectivity index (χ3n) is 6.44. The molecular formula is C28H28F4O2. The molecule has 1 fully saturated rings. The molecule has 4 rings (SSSR count). The Hall–Kier alpha value is -2.86. The molecule has 0 radical (unpaired) electrons. The quantitative estimate of drug-likeness (QED) is 0.349. The van der Waals surface area contributed by atoms with Crippen LogP contribution in [0.5, 0.6) is 5.75 Å². The predicted molar refractivity (Wildman–Crippen MR) is 124 cm³/mol. The van der Waals surface area contributed by atoms with E-state index in [0.717, 1.165) is 59.4 Å². The van der Waals surface area contributed by atoms with Crippen LogP contribution in [0.3, 0.4) is 0 Å². The fourth-order valence-electron chi connectivity index (χ4n) is 4.50. The van der Waals surface area contributed by atoms with Crippen molar-refractivity contribution < 1.29 is 27.0 Å². The summed E-state index contributed by atoms with van der Waals surface area (Å²) in [5.74, 6) is -1.88. The largest absolute Gasteiger partial charge is 0.429 e. The van der Waals surface area contributed by atoms with E-state index in [1.165, 1.54) is 19.1 Å². The molecule has 0 N–H and O–H groups in total. The van der Waals surface area contributed by atoms with Gasteiger partial charge in [0.1, 0.15) is 17.4 Å². The molecule has 0 saturated carbocycles. The molecule has 2 unspecified atom stereocenters. The van der Waals surface area contributed by atoms with Crippen LogP contribution in [0.2, 0.25) is 0 Å². The molecule has 1 aliphatic heterocycles. The lowest BCUT2D eigenvalue weighted by Gasteiger charge is -2.28. The van der Waals surface area contributed by atoms with Crippen molar-refractivity contribution >= 4 is 0 Å². The van der Waals surface area contributed by atoms with Gasteiger partial charge < -0.3 is 9.47 Å². The van der Waals surface area contributed by atoms with Crippen molar-refractivity contribution in [3.8, 4) is 16.9 Å². The van der Waals surface area contributed by atoms with Gasteiger partial charge in [-0.25, -0.2) is 8.78 Å². The van der Waals surface area contributed by atoms with Crippen molar-refractivity contribution in [1.29, 1.82) is 0 Å². The van der Waals surface area contributed by atoms with Gasteiger partial charge in [-0.3, -0.25) is 0 Å². The van der Waals surface area contributed by atoms with Crippen molar-refractivity contribution in [2.45, 2.75) is 52.7 Å². The highest BCUT2D eigenvalue weighted by molar-refractivity contribution is 5.71. The van der Waals surface area contributed by atoms with E-state index in [1.54, 1.807) is 12.1 Å². The Morgan fingerprint density at radius 1 is 0.882 bits per heavy atom. The van der Waals surface area contributed by atoms with Crippen LogP contribution in [0.1, 0.15) is 53.7 Å². The van der Waals surface area contributed by atoms with Gasteiger partial charge in [0.25, 0.3) is 0 Å². The predicted octanol–water partition coefficient (Wildman–Crippen LogP) is 8.17. The zero-order valence-electron chi connectivity index (χ0n) is 19.7. The van der Waals surface area contributed by atoms with Gasteiger partial charge in [-0.2, -0.15) is 8.78 Å². The molecule has 1 saturated heterocycles. The fourth-order valence-corrected chi connectivity index (χ4v) is 4.50. The van der Waals surface area contributed by atoms with Crippen LogP contribution in [0, 0.1) is 38.3 Å². The number of hydrogen-bond acceptors (Lipinski definition) is 2. The molecule has 2 nitrogen and oxygen atoms in total. The minimum atomic E-state index is -3.75. The van der Waals surface area contributed by atoms with Crippen molar-refractivity contribution in [2.75, 3.05) is 6.61 Å². The lowest BCUT2D eigenvalue weighted by atomic mass is 9.89. The molecule has 6 heteroatoms. The van der Waals surface area contributed by atoms with Crippen LogP contribution >= 0.6 is 0 Å². The number of halogens is 4. The number of alkyl halides is 2. The van der Waals surface area contributed by atoms with Gasteiger partial charge >= 0.3 is 6.11 Å². The highest BCUT2D eigenvalue weighted by Crippen LogP contribution is 2.37. The van der Waals surface area contributed by atoms with Gasteiger partial charge in [0, 0.05) is 24.3 Å². The van der Waals surface area contributed by atoms with Crippen LogP contribution in [-0.4, -0.2) is 6.61 Å². The smallest absolute Gasteiger partial charge is 0.426 e. The van der Waals surface area contributed by atoms with E-state index in [4.69, 9.17) is 4.74 Å². The van der Waals surface area contributed by atoms with Crippen LogP contribution in [0.4, 0.5) is 17.6 Å². The monoisotopic (exact) mass is 472 g/mol. The maximum Gasteiger partial charge on any atom is 0.426 e. The molecule has 1 heterocycles. The van der Waals surface area contributed by atoms with Crippen molar-refractivity contribution in [2.24, 2.45) is 5.92 Å². The van der Waals surface area contributed by atoms with Gasteiger partial charge in [0.2, 0.25) is 0 Å². The molecule has 0 aromatic heterocycles. The zero-order valence-corrected chi connectivity index (χ0v) is 19.7. The first-order valence-corrected chi connectivity index (χ1v) is 11.4. The zero-order chi connectivity index (χ0) is 24.6. The van der Waals surface area contributed by atoms with Gasteiger partial charge in [-0.05, 0) is 79.5 Å². The second-order valence-electron chi connectivity index (χ2n) is 9.24. The standard InChI is InChI=1S/C28H28F4O2/c1-16-5-10-26(33-15-16)21-11-17(2)27(18(3)12-21)20-6-8-22(9-7-20)28(31,32)34-23-13-24(29)19(4)25(30)14-23/h6-9,11-14,16,26H,5,10,15H2,1-4H3. The molecule has 0 amide bonds. The molecule has 34 heavy (non-hydrogen) atoms. The molecule has 3 aromatic rings. The highest BCUT2D eigenvalue weighted by atomic mass is 19.3. The Kier molecular flexibility index (Phi) is 6.72. The van der Waals surface area contributed by atoms with Crippen molar-refractivity contribution in [1.82, 2.24) is 0 Å². The third kappa shape index (κ3) is 4.97. The van der Waals surface area contributed by atoms with Crippen LogP contribution in [-0.2, 0) is 10.8 Å². The van der Waals surface area contributed by atoms with Crippen LogP contribution in [0.25, 0.3) is 11.1 Å². The summed E-state index contributed by atoms with van der Waals surface area (Å²) in [5.41, 5.74) is 4.34. The first-order valence-electron chi connectivity index (χ1n) is 11.4. The summed E-state index contributed by atoms with van der Waals surface area (Å²) >= 11 is 0. The van der Waals surface area contributed by atoms with E-state index >= 15 is 0 Å². The lowest BCUT2D eigenvalue weighted by molar-refractivity contribution is -0.185. The number of ether oxygens (including phenoxy) is 2. The first kappa shape index (κ1) is 24.3.